The number of aromatic nitrogens is 2. The molecule has 1 N–H and O–H groups in total. The van der Waals surface area contributed by atoms with Gasteiger partial charge in [-0.2, -0.15) is 0 Å². The third kappa shape index (κ3) is 5.21. The van der Waals surface area contributed by atoms with Gasteiger partial charge in [-0.3, -0.25) is 0 Å². The minimum atomic E-state index is -1.41. The van der Waals surface area contributed by atoms with Crippen LogP contribution in [0.4, 0.5) is 4.79 Å². The van der Waals surface area contributed by atoms with Crippen molar-refractivity contribution < 1.29 is 23.8 Å². The van der Waals surface area contributed by atoms with E-state index < -0.39 is 6.16 Å². The van der Waals surface area contributed by atoms with E-state index in [2.05, 4.69) is 46.1 Å². The second-order valence-electron chi connectivity index (χ2n) is 7.05. The Hall–Kier alpha value is -3.84. The molecule has 0 fully saturated rings. The van der Waals surface area contributed by atoms with Gasteiger partial charge in [0, 0.05) is 6.07 Å². The Labute approximate surface area is 179 Å². The molecule has 0 saturated carbocycles. The fraction of sp³-hybridized carbons (Fsp3) is 0.167. The largest absolute Gasteiger partial charge is 0.513 e. The first-order valence-corrected chi connectivity index (χ1v) is 9.80. The van der Waals surface area contributed by atoms with E-state index in [1.165, 1.54) is 17.2 Å². The van der Waals surface area contributed by atoms with Crippen LogP contribution in [0.2, 0.25) is 0 Å². The molecule has 0 bridgehead atoms. The molecule has 0 radical (unpaired) electrons. The van der Waals surface area contributed by atoms with Crippen LogP contribution in [0.25, 0.3) is 11.1 Å². The molecule has 7 nitrogen and oxygen atoms in total. The molecule has 0 aliphatic carbocycles. The van der Waals surface area contributed by atoms with E-state index in [0.717, 1.165) is 17.0 Å². The van der Waals surface area contributed by atoms with Gasteiger partial charge in [-0.05, 0) is 29.7 Å². The fourth-order valence-electron chi connectivity index (χ4n) is 3.27. The number of rotatable bonds is 8. The highest BCUT2D eigenvalue weighted by molar-refractivity contribution is 5.63. The van der Waals surface area contributed by atoms with E-state index in [4.69, 9.17) is 14.3 Å². The first-order valence-electron chi connectivity index (χ1n) is 9.80. The highest BCUT2D eigenvalue weighted by Gasteiger charge is 2.12. The van der Waals surface area contributed by atoms with Crippen LogP contribution in [0.15, 0.2) is 77.5 Å². The van der Waals surface area contributed by atoms with Gasteiger partial charge in [0.15, 0.2) is 0 Å². The van der Waals surface area contributed by atoms with Crippen molar-refractivity contribution >= 4 is 6.16 Å². The molecular formula is C24H22N2O5. The molecule has 158 valence electrons. The Morgan fingerprint density at radius 3 is 2.48 bits per heavy atom. The lowest BCUT2D eigenvalue weighted by Gasteiger charge is -2.10. The van der Waals surface area contributed by atoms with Crippen LogP contribution in [0, 0.1) is 6.92 Å². The summed E-state index contributed by atoms with van der Waals surface area (Å²) < 4.78 is 17.8. The summed E-state index contributed by atoms with van der Waals surface area (Å²) >= 11 is 0. The summed E-state index contributed by atoms with van der Waals surface area (Å²) in [7, 11) is 0. The predicted molar refractivity (Wildman–Crippen MR) is 114 cm³/mol. The summed E-state index contributed by atoms with van der Waals surface area (Å²) in [5.41, 5.74) is 5.24. The van der Waals surface area contributed by atoms with Crippen LogP contribution < -0.4 is 4.74 Å². The topological polar surface area (TPSA) is 86.7 Å². The number of aryl methyl sites for hydroxylation is 1. The molecule has 0 atom stereocenters. The zero-order chi connectivity index (χ0) is 21.6. The highest BCUT2D eigenvalue weighted by atomic mass is 16.7. The maximum absolute atomic E-state index is 10.6. The maximum atomic E-state index is 10.6. The maximum Gasteiger partial charge on any atom is 0.513 e. The molecule has 0 amide bonds. The van der Waals surface area contributed by atoms with E-state index in [-0.39, 0.29) is 5.95 Å². The minimum Gasteiger partial charge on any atom is -0.449 e. The van der Waals surface area contributed by atoms with Crippen molar-refractivity contribution in [3.05, 3.63) is 95.8 Å². The van der Waals surface area contributed by atoms with Gasteiger partial charge in [0.25, 0.3) is 5.95 Å². The monoisotopic (exact) mass is 418 g/mol. The van der Waals surface area contributed by atoms with Gasteiger partial charge in [0.1, 0.15) is 5.76 Å². The molecule has 0 saturated heterocycles. The summed E-state index contributed by atoms with van der Waals surface area (Å²) in [6.45, 7) is 3.20. The molecular weight excluding hydrogens is 396 g/mol. The van der Waals surface area contributed by atoms with Crippen molar-refractivity contribution in [3.63, 3.8) is 0 Å². The lowest BCUT2D eigenvalue weighted by atomic mass is 10.0. The smallest absolute Gasteiger partial charge is 0.449 e. The summed E-state index contributed by atoms with van der Waals surface area (Å²) in [4.78, 5) is 15.0. The van der Waals surface area contributed by atoms with Crippen molar-refractivity contribution in [3.8, 4) is 17.1 Å². The van der Waals surface area contributed by atoms with Gasteiger partial charge in [-0.25, -0.2) is 9.78 Å². The lowest BCUT2D eigenvalue weighted by molar-refractivity contribution is 0.102. The molecule has 2 aromatic heterocycles. The van der Waals surface area contributed by atoms with Crippen LogP contribution in [0.1, 0.15) is 22.7 Å². The molecule has 0 spiro atoms. The number of carbonyl (C=O) groups is 1. The van der Waals surface area contributed by atoms with E-state index in [9.17, 15) is 4.79 Å². The zero-order valence-electron chi connectivity index (χ0n) is 17.0. The third-order valence-corrected chi connectivity index (χ3v) is 4.87. The number of hydrogen-bond donors (Lipinski definition) is 1. The van der Waals surface area contributed by atoms with Gasteiger partial charge >= 0.3 is 6.16 Å². The average molecular weight is 418 g/mol. The van der Waals surface area contributed by atoms with E-state index in [1.54, 1.807) is 12.4 Å². The van der Waals surface area contributed by atoms with Crippen molar-refractivity contribution in [1.29, 1.82) is 0 Å². The van der Waals surface area contributed by atoms with E-state index in [1.807, 2.05) is 29.7 Å². The van der Waals surface area contributed by atoms with E-state index >= 15 is 0 Å². The quantitative estimate of drug-likeness (QED) is 0.392. The summed E-state index contributed by atoms with van der Waals surface area (Å²) in [5, 5.41) is 8.66. The SMILES string of the molecule is Cc1ncn(Cc2ccc(OC(=O)O)o2)c1COCc1ccc(-c2ccccc2)cc1. The Bertz CT molecular complexity index is 1150. The number of carboxylic acid groups (broad SMARTS) is 1. The van der Waals surface area contributed by atoms with Crippen molar-refractivity contribution in [1.82, 2.24) is 9.55 Å². The lowest BCUT2D eigenvalue weighted by Crippen LogP contribution is -2.06. The second-order valence-corrected chi connectivity index (χ2v) is 7.05. The summed E-state index contributed by atoms with van der Waals surface area (Å²) in [6, 6.07) is 21.7. The van der Waals surface area contributed by atoms with Crippen molar-refractivity contribution in [2.45, 2.75) is 26.7 Å². The highest BCUT2D eigenvalue weighted by Crippen LogP contribution is 2.21. The van der Waals surface area contributed by atoms with Crippen LogP contribution in [0.5, 0.6) is 5.95 Å². The Morgan fingerprint density at radius 1 is 1.00 bits per heavy atom. The Balaban J connectivity index is 1.35. The van der Waals surface area contributed by atoms with Crippen LogP contribution in [-0.2, 0) is 24.5 Å². The molecule has 2 heterocycles. The second kappa shape index (κ2) is 9.32. The predicted octanol–water partition coefficient (Wildman–Crippen LogP) is 5.27. The first-order chi connectivity index (χ1) is 15.1. The molecule has 2 aromatic carbocycles. The minimum absolute atomic E-state index is 0.0592. The van der Waals surface area contributed by atoms with Gasteiger partial charge in [-0.1, -0.05) is 54.6 Å². The molecule has 4 rings (SSSR count). The molecule has 0 unspecified atom stereocenters. The first kappa shape index (κ1) is 20.4. The van der Waals surface area contributed by atoms with Crippen LogP contribution >= 0.6 is 0 Å². The fourth-order valence-corrected chi connectivity index (χ4v) is 3.27. The van der Waals surface area contributed by atoms with Gasteiger partial charge in [0.05, 0.1) is 37.5 Å². The molecule has 0 aliphatic heterocycles. The van der Waals surface area contributed by atoms with E-state index in [0.29, 0.717) is 25.5 Å². The molecule has 4 aromatic rings. The summed E-state index contributed by atoms with van der Waals surface area (Å²) in [6.07, 6.45) is 0.299. The zero-order valence-corrected chi connectivity index (χ0v) is 17.0. The average Bonchev–Trinajstić information content (AvgIpc) is 3.35. The number of imidazole rings is 1. The number of ether oxygens (including phenoxy) is 2. The van der Waals surface area contributed by atoms with Crippen molar-refractivity contribution in [2.24, 2.45) is 0 Å². The number of furan rings is 1. The molecule has 7 heteroatoms. The van der Waals surface area contributed by atoms with Gasteiger partial charge < -0.3 is 23.6 Å². The van der Waals surface area contributed by atoms with Crippen LogP contribution in [0.3, 0.4) is 0 Å². The van der Waals surface area contributed by atoms with Gasteiger partial charge in [-0.15, -0.1) is 0 Å². The van der Waals surface area contributed by atoms with Crippen molar-refractivity contribution in [2.75, 3.05) is 0 Å². The number of nitrogens with zero attached hydrogens (tertiary/aromatic N) is 2. The number of benzene rings is 2. The molecule has 31 heavy (non-hydrogen) atoms. The third-order valence-electron chi connectivity index (χ3n) is 4.87. The number of hydrogen-bond acceptors (Lipinski definition) is 5. The summed E-state index contributed by atoms with van der Waals surface area (Å²) in [5.74, 6) is 0.502. The Kier molecular flexibility index (Phi) is 6.14. The standard InChI is InChI=1S/C24H22N2O5/c1-17-22(26(16-25-17)13-21-11-12-23(30-21)31-24(27)28)15-29-14-18-7-9-20(10-8-18)19-5-3-2-4-6-19/h2-12,16H,13-15H2,1H3,(H,27,28). The van der Waals surface area contributed by atoms with Crippen LogP contribution in [-0.4, -0.2) is 20.8 Å². The van der Waals surface area contributed by atoms with Gasteiger partial charge in [0.2, 0.25) is 0 Å². The Morgan fingerprint density at radius 2 is 1.74 bits per heavy atom. The normalized spacial score (nSPS) is 10.9. The molecule has 0 aliphatic rings.